The summed E-state index contributed by atoms with van der Waals surface area (Å²) in [6, 6.07) is 15.9. The molecule has 0 aliphatic rings. The van der Waals surface area contributed by atoms with E-state index in [4.69, 9.17) is 4.74 Å². The molecule has 0 amide bonds. The molecule has 0 saturated carbocycles. The van der Waals surface area contributed by atoms with Gasteiger partial charge in [0, 0.05) is 5.41 Å². The quantitative estimate of drug-likeness (QED) is 0.365. The number of rotatable bonds is 8. The third-order valence-corrected chi connectivity index (χ3v) is 6.62. The summed E-state index contributed by atoms with van der Waals surface area (Å²) in [5, 5.41) is 9.18. The van der Waals surface area contributed by atoms with Crippen LogP contribution in [0.1, 0.15) is 59.3 Å². The van der Waals surface area contributed by atoms with Crippen LogP contribution in [-0.2, 0) is 11.6 Å². The van der Waals surface area contributed by atoms with Gasteiger partial charge in [-0.25, -0.2) is 4.79 Å². The highest BCUT2D eigenvalue weighted by atomic mass is 19.4. The smallest absolute Gasteiger partial charge is 0.416 e. The van der Waals surface area contributed by atoms with Crippen molar-refractivity contribution in [2.24, 2.45) is 0 Å². The second-order valence-electron chi connectivity index (χ2n) is 8.67. The van der Waals surface area contributed by atoms with Gasteiger partial charge >= 0.3 is 12.1 Å². The van der Waals surface area contributed by atoms with Gasteiger partial charge in [-0.3, -0.25) is 0 Å². The summed E-state index contributed by atoms with van der Waals surface area (Å²) >= 11 is 0. The van der Waals surface area contributed by atoms with Crippen molar-refractivity contribution in [1.82, 2.24) is 0 Å². The monoisotopic (exact) mass is 470 g/mol. The van der Waals surface area contributed by atoms with Crippen molar-refractivity contribution in [2.45, 2.75) is 52.1 Å². The summed E-state index contributed by atoms with van der Waals surface area (Å²) in [6.45, 7) is 8.43. The van der Waals surface area contributed by atoms with E-state index in [1.165, 1.54) is 12.1 Å². The maximum atomic E-state index is 12.9. The summed E-state index contributed by atoms with van der Waals surface area (Å²) in [4.78, 5) is 11.2. The van der Waals surface area contributed by atoms with Crippen molar-refractivity contribution in [3.63, 3.8) is 0 Å². The molecule has 0 heterocycles. The van der Waals surface area contributed by atoms with E-state index in [1.54, 1.807) is 12.1 Å². The number of ether oxygens (including phenoxy) is 1. The Bertz CT molecular complexity index is 1120. The largest absolute Gasteiger partial charge is 0.493 e. The second-order valence-corrected chi connectivity index (χ2v) is 8.67. The van der Waals surface area contributed by atoms with Crippen LogP contribution in [0.25, 0.3) is 11.1 Å². The van der Waals surface area contributed by atoms with Crippen LogP contribution in [0.15, 0.2) is 60.7 Å². The average Bonchev–Trinajstić information content (AvgIpc) is 2.80. The number of aryl methyl sites for hydroxylation is 2. The molecule has 3 aromatic rings. The number of carbonyl (C=O) groups is 1. The highest BCUT2D eigenvalue weighted by Crippen LogP contribution is 2.36. The number of carboxylic acid groups (broad SMARTS) is 1. The lowest BCUT2D eigenvalue weighted by atomic mass is 9.76. The summed E-state index contributed by atoms with van der Waals surface area (Å²) in [6.07, 6.45) is -2.73. The van der Waals surface area contributed by atoms with Crippen molar-refractivity contribution in [3.8, 4) is 16.9 Å². The van der Waals surface area contributed by atoms with Gasteiger partial charge in [-0.05, 0) is 90.9 Å². The summed E-state index contributed by atoms with van der Waals surface area (Å²) in [5.41, 5.74) is 3.78. The molecule has 180 valence electrons. The van der Waals surface area contributed by atoms with Gasteiger partial charge < -0.3 is 9.84 Å². The molecule has 34 heavy (non-hydrogen) atoms. The number of hydrogen-bond donors (Lipinski definition) is 1. The fraction of sp³-hybridized carbons (Fsp3) is 0.321. The molecule has 0 spiro atoms. The molecule has 0 unspecified atom stereocenters. The van der Waals surface area contributed by atoms with E-state index in [0.29, 0.717) is 12.4 Å². The number of halogens is 3. The molecule has 6 heteroatoms. The van der Waals surface area contributed by atoms with Crippen molar-refractivity contribution in [3.05, 3.63) is 88.5 Å². The fourth-order valence-electron chi connectivity index (χ4n) is 4.42. The number of benzene rings is 3. The van der Waals surface area contributed by atoms with Crippen LogP contribution in [0.2, 0.25) is 0 Å². The van der Waals surface area contributed by atoms with Crippen LogP contribution < -0.4 is 4.74 Å². The molecule has 0 atom stereocenters. The Balaban J connectivity index is 1.84. The second kappa shape index (κ2) is 9.92. The Labute approximate surface area is 198 Å². The Morgan fingerprint density at radius 3 is 1.79 bits per heavy atom. The van der Waals surface area contributed by atoms with Crippen LogP contribution in [0.5, 0.6) is 5.75 Å². The third-order valence-electron chi connectivity index (χ3n) is 6.62. The first-order valence-corrected chi connectivity index (χ1v) is 11.3. The Morgan fingerprint density at radius 2 is 1.35 bits per heavy atom. The molecule has 0 fully saturated rings. The molecule has 0 aliphatic heterocycles. The first-order chi connectivity index (χ1) is 16.0. The minimum atomic E-state index is -4.36. The minimum absolute atomic E-state index is 0.246. The number of alkyl halides is 3. The van der Waals surface area contributed by atoms with E-state index in [0.717, 1.165) is 52.8 Å². The van der Waals surface area contributed by atoms with Gasteiger partial charge in [0.15, 0.2) is 0 Å². The molecule has 0 aromatic heterocycles. The maximum Gasteiger partial charge on any atom is 0.416 e. The van der Waals surface area contributed by atoms with Gasteiger partial charge in [0.05, 0.1) is 17.7 Å². The van der Waals surface area contributed by atoms with E-state index in [1.807, 2.05) is 38.1 Å². The van der Waals surface area contributed by atoms with Gasteiger partial charge in [-0.1, -0.05) is 38.1 Å². The van der Waals surface area contributed by atoms with Gasteiger partial charge in [0.25, 0.3) is 0 Å². The van der Waals surface area contributed by atoms with Gasteiger partial charge in [0.1, 0.15) is 5.75 Å². The Morgan fingerprint density at radius 1 is 0.853 bits per heavy atom. The topological polar surface area (TPSA) is 46.5 Å². The van der Waals surface area contributed by atoms with Crippen LogP contribution in [-0.4, -0.2) is 17.7 Å². The maximum absolute atomic E-state index is 12.9. The number of aromatic carboxylic acids is 1. The Hall–Kier alpha value is -3.28. The lowest BCUT2D eigenvalue weighted by molar-refractivity contribution is -0.137. The molecule has 3 nitrogen and oxygen atoms in total. The molecular formula is C28H29F3O3. The van der Waals surface area contributed by atoms with E-state index in [-0.39, 0.29) is 11.0 Å². The molecule has 3 aromatic carbocycles. The molecular weight excluding hydrogens is 441 g/mol. The molecule has 0 bridgehead atoms. The molecule has 0 radical (unpaired) electrons. The normalized spacial score (nSPS) is 12.0. The van der Waals surface area contributed by atoms with Crippen LogP contribution in [0.4, 0.5) is 13.2 Å². The number of hydrogen-bond acceptors (Lipinski definition) is 2. The van der Waals surface area contributed by atoms with Crippen molar-refractivity contribution < 1.29 is 27.8 Å². The predicted molar refractivity (Wildman–Crippen MR) is 128 cm³/mol. The van der Waals surface area contributed by atoms with Crippen molar-refractivity contribution >= 4 is 5.97 Å². The van der Waals surface area contributed by atoms with E-state index >= 15 is 0 Å². The summed E-state index contributed by atoms with van der Waals surface area (Å²) < 4.78 is 45.0. The standard InChI is InChI=1S/C28H29F3O3/c1-5-27(6-2,22-11-9-21(10-12-22)26(32)33)17-34-24-15-18(3)25(19(4)16-24)20-7-13-23(14-8-20)28(29,30)31/h7-16H,5-6,17H2,1-4H3,(H,32,33). The zero-order valence-corrected chi connectivity index (χ0v) is 19.8. The zero-order chi connectivity index (χ0) is 25.1. The first kappa shape index (κ1) is 25.3. The molecule has 0 saturated heterocycles. The van der Waals surface area contributed by atoms with Crippen LogP contribution in [0, 0.1) is 13.8 Å². The average molecular weight is 471 g/mol. The van der Waals surface area contributed by atoms with Gasteiger partial charge in [0.2, 0.25) is 0 Å². The predicted octanol–water partition coefficient (Wildman–Crippen LogP) is 7.82. The lowest BCUT2D eigenvalue weighted by Gasteiger charge is -2.32. The molecule has 1 N–H and O–H groups in total. The highest BCUT2D eigenvalue weighted by Gasteiger charge is 2.31. The summed E-state index contributed by atoms with van der Waals surface area (Å²) in [5.74, 6) is -0.264. The zero-order valence-electron chi connectivity index (χ0n) is 19.8. The van der Waals surface area contributed by atoms with Crippen LogP contribution >= 0.6 is 0 Å². The van der Waals surface area contributed by atoms with E-state index < -0.39 is 17.7 Å². The van der Waals surface area contributed by atoms with Gasteiger partial charge in [-0.15, -0.1) is 0 Å². The van der Waals surface area contributed by atoms with E-state index in [9.17, 15) is 23.1 Å². The Kier molecular flexibility index (Phi) is 7.39. The van der Waals surface area contributed by atoms with Gasteiger partial charge in [-0.2, -0.15) is 13.2 Å². The molecule has 3 rings (SSSR count). The SMILES string of the molecule is CCC(CC)(COc1cc(C)c(-c2ccc(C(F)(F)F)cc2)c(C)c1)c1ccc(C(=O)O)cc1. The molecule has 0 aliphatic carbocycles. The third kappa shape index (κ3) is 5.27. The van der Waals surface area contributed by atoms with Crippen molar-refractivity contribution in [1.29, 1.82) is 0 Å². The number of carboxylic acids is 1. The minimum Gasteiger partial charge on any atom is -0.493 e. The highest BCUT2D eigenvalue weighted by molar-refractivity contribution is 5.87. The van der Waals surface area contributed by atoms with Crippen molar-refractivity contribution in [2.75, 3.05) is 6.61 Å². The summed E-state index contributed by atoms with van der Waals surface area (Å²) in [7, 11) is 0. The lowest BCUT2D eigenvalue weighted by Crippen LogP contribution is -2.32. The van der Waals surface area contributed by atoms with E-state index in [2.05, 4.69) is 13.8 Å². The van der Waals surface area contributed by atoms with Crippen LogP contribution in [0.3, 0.4) is 0 Å². The first-order valence-electron chi connectivity index (χ1n) is 11.3. The fourth-order valence-corrected chi connectivity index (χ4v) is 4.42.